The molecule has 0 unspecified atom stereocenters. The van der Waals surface area contributed by atoms with Crippen LogP contribution in [0.3, 0.4) is 0 Å². The maximum Gasteiger partial charge on any atom is 0.157 e. The van der Waals surface area contributed by atoms with Crippen LogP contribution in [0, 0.1) is 5.41 Å². The summed E-state index contributed by atoms with van der Waals surface area (Å²) in [5, 5.41) is 0. The molecule has 0 fully saturated rings. The number of ether oxygens (including phenoxy) is 2. The predicted octanol–water partition coefficient (Wildman–Crippen LogP) is 3.69. The Kier molecular flexibility index (Phi) is 3.63. The van der Waals surface area contributed by atoms with Crippen LogP contribution in [0.15, 0.2) is 46.0 Å². The van der Waals surface area contributed by atoms with Crippen molar-refractivity contribution in [2.45, 2.75) is 34.1 Å². The first kappa shape index (κ1) is 14.6. The fourth-order valence-corrected chi connectivity index (χ4v) is 3.82. The third kappa shape index (κ3) is 1.92. The lowest BCUT2D eigenvalue weighted by Gasteiger charge is -2.34. The van der Waals surface area contributed by atoms with Gasteiger partial charge in [-0.25, -0.2) is 0 Å². The van der Waals surface area contributed by atoms with Gasteiger partial charge in [-0.15, -0.1) is 0 Å². The molecule has 0 amide bonds. The summed E-state index contributed by atoms with van der Waals surface area (Å²) in [5.41, 5.74) is 5.10. The van der Waals surface area contributed by atoms with Crippen LogP contribution in [0.25, 0.3) is 0 Å². The highest BCUT2D eigenvalue weighted by Gasteiger charge is 2.47. The Morgan fingerprint density at radius 3 is 2.55 bits per heavy atom. The van der Waals surface area contributed by atoms with Gasteiger partial charge in [0, 0.05) is 17.4 Å². The van der Waals surface area contributed by atoms with E-state index in [1.165, 1.54) is 0 Å². The topological polar surface area (TPSA) is 35.5 Å². The Labute approximate surface area is 120 Å². The van der Waals surface area contributed by atoms with Gasteiger partial charge in [0.1, 0.15) is 5.76 Å². The lowest BCUT2D eigenvalue weighted by atomic mass is 9.67. The summed E-state index contributed by atoms with van der Waals surface area (Å²) in [5.74, 6) is 1.06. The third-order valence-corrected chi connectivity index (χ3v) is 4.24. The molecule has 0 aromatic rings. The molecule has 0 aromatic carbocycles. The number of hydrogen-bond acceptors (Lipinski definition) is 3. The highest BCUT2D eigenvalue weighted by molar-refractivity contribution is 5.95. The van der Waals surface area contributed by atoms with Gasteiger partial charge < -0.3 is 9.47 Å². The van der Waals surface area contributed by atoms with Gasteiger partial charge in [-0.05, 0) is 49.1 Å². The molecule has 3 heteroatoms. The van der Waals surface area contributed by atoms with Gasteiger partial charge >= 0.3 is 0 Å². The second-order valence-electron chi connectivity index (χ2n) is 5.75. The van der Waals surface area contributed by atoms with Crippen molar-refractivity contribution < 1.29 is 14.3 Å². The number of ketones is 1. The van der Waals surface area contributed by atoms with E-state index in [0.29, 0.717) is 6.42 Å². The molecule has 0 spiro atoms. The van der Waals surface area contributed by atoms with Gasteiger partial charge in [0.2, 0.25) is 0 Å². The third-order valence-electron chi connectivity index (χ3n) is 4.24. The zero-order valence-electron chi connectivity index (χ0n) is 13.1. The second-order valence-corrected chi connectivity index (χ2v) is 5.75. The molecule has 2 rings (SSSR count). The SMILES string of the molecule is CO/C=C(\C)C1=C(C)C(OC)=C2C(C)=CC(=O)C[C@@]21C. The van der Waals surface area contributed by atoms with Gasteiger partial charge in [0.15, 0.2) is 5.78 Å². The average Bonchev–Trinajstić information content (AvgIpc) is 2.56. The predicted molar refractivity (Wildman–Crippen MR) is 79.0 cm³/mol. The largest absolute Gasteiger partial charge is 0.504 e. The first-order valence-corrected chi connectivity index (χ1v) is 6.78. The quantitative estimate of drug-likeness (QED) is 0.736. The molecular formula is C17H22O3. The van der Waals surface area contributed by atoms with Crippen LogP contribution >= 0.6 is 0 Å². The molecule has 0 N–H and O–H groups in total. The van der Waals surface area contributed by atoms with E-state index >= 15 is 0 Å². The Hall–Kier alpha value is -1.77. The average molecular weight is 274 g/mol. The molecule has 0 aliphatic heterocycles. The Morgan fingerprint density at radius 2 is 2.00 bits per heavy atom. The monoisotopic (exact) mass is 274 g/mol. The molecule has 2 aliphatic rings. The molecule has 0 saturated carbocycles. The Bertz CT molecular complexity index is 587. The molecule has 3 nitrogen and oxygen atoms in total. The number of allylic oxidation sites excluding steroid dienone is 6. The van der Waals surface area contributed by atoms with Crippen LogP contribution < -0.4 is 0 Å². The highest BCUT2D eigenvalue weighted by atomic mass is 16.5. The molecule has 1 atom stereocenters. The molecule has 108 valence electrons. The van der Waals surface area contributed by atoms with Crippen molar-refractivity contribution in [3.63, 3.8) is 0 Å². The van der Waals surface area contributed by atoms with E-state index in [-0.39, 0.29) is 11.2 Å². The van der Waals surface area contributed by atoms with Gasteiger partial charge in [-0.2, -0.15) is 0 Å². The normalized spacial score (nSPS) is 26.8. The summed E-state index contributed by atoms with van der Waals surface area (Å²) in [6.45, 7) is 8.17. The van der Waals surface area contributed by atoms with Gasteiger partial charge in [0.25, 0.3) is 0 Å². The van der Waals surface area contributed by atoms with Gasteiger partial charge in [-0.1, -0.05) is 6.92 Å². The molecule has 0 heterocycles. The van der Waals surface area contributed by atoms with Crippen molar-refractivity contribution in [2.24, 2.45) is 5.41 Å². The van der Waals surface area contributed by atoms with Gasteiger partial charge in [0.05, 0.1) is 20.5 Å². The van der Waals surface area contributed by atoms with E-state index in [1.807, 2.05) is 13.8 Å². The summed E-state index contributed by atoms with van der Waals surface area (Å²) in [6.07, 6.45) is 3.94. The van der Waals surface area contributed by atoms with Crippen molar-refractivity contribution in [2.75, 3.05) is 14.2 Å². The van der Waals surface area contributed by atoms with E-state index in [4.69, 9.17) is 9.47 Å². The van der Waals surface area contributed by atoms with Crippen molar-refractivity contribution >= 4 is 5.78 Å². The van der Waals surface area contributed by atoms with Crippen LogP contribution in [0.4, 0.5) is 0 Å². The van der Waals surface area contributed by atoms with E-state index in [2.05, 4.69) is 13.8 Å². The van der Waals surface area contributed by atoms with Crippen molar-refractivity contribution in [3.05, 3.63) is 46.0 Å². The summed E-state index contributed by atoms with van der Waals surface area (Å²) in [7, 11) is 3.33. The zero-order valence-corrected chi connectivity index (χ0v) is 13.1. The minimum Gasteiger partial charge on any atom is -0.504 e. The molecular weight excluding hydrogens is 252 g/mol. The molecule has 0 aromatic heterocycles. The lowest BCUT2D eigenvalue weighted by molar-refractivity contribution is -0.116. The molecule has 0 radical (unpaired) electrons. The highest BCUT2D eigenvalue weighted by Crippen LogP contribution is 2.56. The minimum atomic E-state index is -0.315. The van der Waals surface area contributed by atoms with Crippen molar-refractivity contribution in [3.8, 4) is 0 Å². The van der Waals surface area contributed by atoms with Crippen LogP contribution in [-0.2, 0) is 14.3 Å². The molecule has 20 heavy (non-hydrogen) atoms. The number of carbonyl (C=O) groups excluding carboxylic acids is 1. The lowest BCUT2D eigenvalue weighted by Crippen LogP contribution is -2.28. The second kappa shape index (κ2) is 4.97. The fraction of sp³-hybridized carbons (Fsp3) is 0.471. The minimum absolute atomic E-state index is 0.168. The molecule has 2 aliphatic carbocycles. The Morgan fingerprint density at radius 1 is 1.35 bits per heavy atom. The van der Waals surface area contributed by atoms with Crippen LogP contribution in [0.5, 0.6) is 0 Å². The number of fused-ring (bicyclic) bond motifs is 1. The first-order chi connectivity index (χ1) is 9.36. The fourth-order valence-electron chi connectivity index (χ4n) is 3.82. The van der Waals surface area contributed by atoms with E-state index in [9.17, 15) is 4.79 Å². The molecule has 0 saturated heterocycles. The van der Waals surface area contributed by atoms with E-state index < -0.39 is 0 Å². The van der Waals surface area contributed by atoms with Crippen molar-refractivity contribution in [1.82, 2.24) is 0 Å². The number of methoxy groups -OCH3 is 2. The van der Waals surface area contributed by atoms with E-state index in [0.717, 1.165) is 33.6 Å². The first-order valence-electron chi connectivity index (χ1n) is 6.78. The smallest absolute Gasteiger partial charge is 0.157 e. The Balaban J connectivity index is 2.70. The standard InChI is InChI=1S/C17H22O3/c1-10-7-13(18)8-17(4)14(11(2)9-19-5)12(3)16(20-6)15(10)17/h7,9H,8H2,1-6H3/b11-9+/t17-/m1/s1. The summed E-state index contributed by atoms with van der Waals surface area (Å²) >= 11 is 0. The number of rotatable bonds is 3. The number of hydrogen-bond donors (Lipinski definition) is 0. The zero-order chi connectivity index (χ0) is 15.1. The summed E-state index contributed by atoms with van der Waals surface area (Å²) in [6, 6.07) is 0. The van der Waals surface area contributed by atoms with E-state index in [1.54, 1.807) is 26.6 Å². The maximum atomic E-state index is 12.0. The van der Waals surface area contributed by atoms with Crippen molar-refractivity contribution in [1.29, 1.82) is 0 Å². The van der Waals surface area contributed by atoms with Gasteiger partial charge in [-0.3, -0.25) is 4.79 Å². The number of carbonyl (C=O) groups is 1. The van der Waals surface area contributed by atoms with Crippen LogP contribution in [0.1, 0.15) is 34.1 Å². The van der Waals surface area contributed by atoms with Crippen LogP contribution in [0.2, 0.25) is 0 Å². The molecule has 0 bridgehead atoms. The maximum absolute atomic E-state index is 12.0. The summed E-state index contributed by atoms with van der Waals surface area (Å²) < 4.78 is 10.8. The van der Waals surface area contributed by atoms with Crippen LogP contribution in [-0.4, -0.2) is 20.0 Å². The summed E-state index contributed by atoms with van der Waals surface area (Å²) in [4.78, 5) is 12.0.